The summed E-state index contributed by atoms with van der Waals surface area (Å²) < 4.78 is 14.0. The minimum absolute atomic E-state index is 0.0816. The van der Waals surface area contributed by atoms with Crippen LogP contribution in [0.25, 0.3) is 0 Å². The molecule has 0 aliphatic heterocycles. The van der Waals surface area contributed by atoms with E-state index in [1.807, 2.05) is 31.2 Å². The average molecular weight is 343 g/mol. The molecule has 0 amide bonds. The molecule has 1 nitrogen and oxygen atoms in total. The van der Waals surface area contributed by atoms with Gasteiger partial charge in [0.25, 0.3) is 0 Å². The molecule has 0 bridgehead atoms. The predicted octanol–water partition coefficient (Wildman–Crippen LogP) is 5.09. The third-order valence-corrected chi connectivity index (χ3v) is 4.18. The van der Waals surface area contributed by atoms with Crippen molar-refractivity contribution in [3.8, 4) is 0 Å². The molecule has 0 saturated heterocycles. The predicted molar refractivity (Wildman–Crippen MR) is 80.8 cm³/mol. The Morgan fingerprint density at radius 3 is 2.74 bits per heavy atom. The van der Waals surface area contributed by atoms with Crippen LogP contribution in [0.15, 0.2) is 46.9 Å². The molecule has 19 heavy (non-hydrogen) atoms. The van der Waals surface area contributed by atoms with Gasteiger partial charge in [-0.15, -0.1) is 0 Å². The number of hydrogen-bond acceptors (Lipinski definition) is 1. The Morgan fingerprint density at radius 2 is 2.05 bits per heavy atom. The Kier molecular flexibility index (Phi) is 4.97. The molecule has 2 aromatic rings. The lowest BCUT2D eigenvalue weighted by Gasteiger charge is -2.14. The molecule has 0 radical (unpaired) electrons. The fourth-order valence-electron chi connectivity index (χ4n) is 1.81. The molecule has 0 heterocycles. The van der Waals surface area contributed by atoms with Gasteiger partial charge in [-0.2, -0.15) is 0 Å². The van der Waals surface area contributed by atoms with Crippen molar-refractivity contribution in [1.82, 2.24) is 5.32 Å². The second kappa shape index (κ2) is 6.51. The SMILES string of the molecule is C[C@H](NCc1ccc(Br)c(Cl)c1)c1cccc(F)c1. The van der Waals surface area contributed by atoms with Crippen LogP contribution in [0.2, 0.25) is 5.02 Å². The summed E-state index contributed by atoms with van der Waals surface area (Å²) in [7, 11) is 0. The normalized spacial score (nSPS) is 12.4. The van der Waals surface area contributed by atoms with E-state index in [1.54, 1.807) is 12.1 Å². The maximum absolute atomic E-state index is 13.1. The number of hydrogen-bond donors (Lipinski definition) is 1. The van der Waals surface area contributed by atoms with E-state index < -0.39 is 0 Å². The maximum Gasteiger partial charge on any atom is 0.123 e. The molecule has 4 heteroatoms. The van der Waals surface area contributed by atoms with E-state index in [-0.39, 0.29) is 11.9 Å². The Morgan fingerprint density at radius 1 is 1.26 bits per heavy atom. The Bertz CT molecular complexity index is 574. The Balaban J connectivity index is 2.00. The number of nitrogens with one attached hydrogen (secondary N) is 1. The summed E-state index contributed by atoms with van der Waals surface area (Å²) in [5.41, 5.74) is 2.03. The molecule has 0 unspecified atom stereocenters. The van der Waals surface area contributed by atoms with Crippen LogP contribution in [0.1, 0.15) is 24.1 Å². The summed E-state index contributed by atoms with van der Waals surface area (Å²) in [6.07, 6.45) is 0. The summed E-state index contributed by atoms with van der Waals surface area (Å²) in [5.74, 6) is -0.210. The molecule has 0 aliphatic rings. The van der Waals surface area contributed by atoms with Gasteiger partial charge < -0.3 is 5.32 Å². The largest absolute Gasteiger partial charge is 0.306 e. The zero-order chi connectivity index (χ0) is 13.8. The van der Waals surface area contributed by atoms with Crippen LogP contribution in [-0.2, 0) is 6.54 Å². The summed E-state index contributed by atoms with van der Waals surface area (Å²) in [6, 6.07) is 12.5. The van der Waals surface area contributed by atoms with E-state index >= 15 is 0 Å². The molecule has 100 valence electrons. The molecule has 0 saturated carbocycles. The smallest absolute Gasteiger partial charge is 0.123 e. The van der Waals surface area contributed by atoms with Crippen LogP contribution in [0.5, 0.6) is 0 Å². The highest BCUT2D eigenvalue weighted by molar-refractivity contribution is 9.10. The van der Waals surface area contributed by atoms with Gasteiger partial charge in [0.2, 0.25) is 0 Å². The van der Waals surface area contributed by atoms with E-state index in [4.69, 9.17) is 11.6 Å². The van der Waals surface area contributed by atoms with Gasteiger partial charge in [-0.3, -0.25) is 0 Å². The lowest BCUT2D eigenvalue weighted by atomic mass is 10.1. The third kappa shape index (κ3) is 4.03. The first-order valence-corrected chi connectivity index (χ1v) is 7.16. The van der Waals surface area contributed by atoms with Crippen molar-refractivity contribution in [2.24, 2.45) is 0 Å². The van der Waals surface area contributed by atoms with Gasteiger partial charge >= 0.3 is 0 Å². The van der Waals surface area contributed by atoms with Crippen molar-refractivity contribution in [3.63, 3.8) is 0 Å². The van der Waals surface area contributed by atoms with E-state index in [2.05, 4.69) is 21.2 Å². The van der Waals surface area contributed by atoms with Crippen molar-refractivity contribution >= 4 is 27.5 Å². The fraction of sp³-hybridized carbons (Fsp3) is 0.200. The number of rotatable bonds is 4. The van der Waals surface area contributed by atoms with Crippen LogP contribution in [0.3, 0.4) is 0 Å². The summed E-state index contributed by atoms with van der Waals surface area (Å²) in [6.45, 7) is 2.69. The van der Waals surface area contributed by atoms with Gasteiger partial charge in [0.1, 0.15) is 5.82 Å². The van der Waals surface area contributed by atoms with Crippen molar-refractivity contribution in [2.45, 2.75) is 19.5 Å². The first-order valence-electron chi connectivity index (χ1n) is 5.99. The van der Waals surface area contributed by atoms with Gasteiger partial charge in [-0.05, 0) is 58.2 Å². The van der Waals surface area contributed by atoms with Crippen LogP contribution in [0.4, 0.5) is 4.39 Å². The van der Waals surface area contributed by atoms with E-state index in [1.165, 1.54) is 6.07 Å². The van der Waals surface area contributed by atoms with Gasteiger partial charge in [-0.1, -0.05) is 29.8 Å². The van der Waals surface area contributed by atoms with Gasteiger partial charge in [0.05, 0.1) is 5.02 Å². The second-order valence-electron chi connectivity index (χ2n) is 4.41. The zero-order valence-corrected chi connectivity index (χ0v) is 12.8. The maximum atomic E-state index is 13.1. The Labute approximate surface area is 125 Å². The molecule has 0 aliphatic carbocycles. The summed E-state index contributed by atoms with van der Waals surface area (Å²) in [4.78, 5) is 0. The van der Waals surface area contributed by atoms with Gasteiger partial charge in [0, 0.05) is 17.1 Å². The number of halogens is 3. The minimum atomic E-state index is -0.210. The van der Waals surface area contributed by atoms with Gasteiger partial charge in [0.15, 0.2) is 0 Å². The van der Waals surface area contributed by atoms with Crippen molar-refractivity contribution in [3.05, 3.63) is 68.9 Å². The summed E-state index contributed by atoms with van der Waals surface area (Å²) in [5, 5.41) is 4.04. The number of benzene rings is 2. The third-order valence-electron chi connectivity index (χ3n) is 2.95. The standard InChI is InChI=1S/C15H14BrClFN/c1-10(12-3-2-4-13(18)8-12)19-9-11-5-6-14(16)15(17)7-11/h2-8,10,19H,9H2,1H3/t10-/m0/s1. The van der Waals surface area contributed by atoms with E-state index in [9.17, 15) is 4.39 Å². The second-order valence-corrected chi connectivity index (χ2v) is 5.67. The van der Waals surface area contributed by atoms with Crippen LogP contribution < -0.4 is 5.32 Å². The lowest BCUT2D eigenvalue weighted by Crippen LogP contribution is -2.18. The molecule has 1 atom stereocenters. The van der Waals surface area contributed by atoms with Crippen molar-refractivity contribution < 1.29 is 4.39 Å². The van der Waals surface area contributed by atoms with E-state index in [0.29, 0.717) is 11.6 Å². The first-order chi connectivity index (χ1) is 9.06. The molecular formula is C15H14BrClFN. The molecule has 0 aromatic heterocycles. The highest BCUT2D eigenvalue weighted by Crippen LogP contribution is 2.23. The highest BCUT2D eigenvalue weighted by atomic mass is 79.9. The molecule has 2 aromatic carbocycles. The first kappa shape index (κ1) is 14.5. The minimum Gasteiger partial charge on any atom is -0.306 e. The lowest BCUT2D eigenvalue weighted by molar-refractivity contribution is 0.565. The molecule has 0 spiro atoms. The van der Waals surface area contributed by atoms with Crippen LogP contribution in [0, 0.1) is 5.82 Å². The van der Waals surface area contributed by atoms with Crippen LogP contribution in [-0.4, -0.2) is 0 Å². The average Bonchev–Trinajstić information content (AvgIpc) is 2.40. The van der Waals surface area contributed by atoms with E-state index in [0.717, 1.165) is 15.6 Å². The monoisotopic (exact) mass is 341 g/mol. The fourth-order valence-corrected chi connectivity index (χ4v) is 2.26. The topological polar surface area (TPSA) is 12.0 Å². The summed E-state index contributed by atoms with van der Waals surface area (Å²) >= 11 is 9.40. The zero-order valence-electron chi connectivity index (χ0n) is 10.5. The highest BCUT2D eigenvalue weighted by Gasteiger charge is 2.06. The van der Waals surface area contributed by atoms with Gasteiger partial charge in [-0.25, -0.2) is 4.39 Å². The van der Waals surface area contributed by atoms with Crippen molar-refractivity contribution in [2.75, 3.05) is 0 Å². The molecular weight excluding hydrogens is 329 g/mol. The molecule has 1 N–H and O–H groups in total. The molecule has 2 rings (SSSR count). The molecule has 0 fully saturated rings. The van der Waals surface area contributed by atoms with Crippen LogP contribution >= 0.6 is 27.5 Å². The quantitative estimate of drug-likeness (QED) is 0.816. The van der Waals surface area contributed by atoms with Crippen molar-refractivity contribution in [1.29, 1.82) is 0 Å². The Hall–Kier alpha value is -0.900.